The maximum absolute atomic E-state index is 13.1. The number of nitrogens with zero attached hydrogens (tertiary/aromatic N) is 3. The molecule has 1 atom stereocenters. The molecular weight excluding hydrogens is 454 g/mol. The van der Waals surface area contributed by atoms with Gasteiger partial charge in [-0.3, -0.25) is 9.59 Å². The van der Waals surface area contributed by atoms with Crippen molar-refractivity contribution < 1.29 is 18.0 Å². The molecule has 0 aliphatic carbocycles. The van der Waals surface area contributed by atoms with Gasteiger partial charge in [-0.25, -0.2) is 13.1 Å². The SMILES string of the molecule is CC1CCCCN1S(=O)(=O)c1cccc(C(=O)NCC(=O)Nc2ccc(-n3cccn3)cc2)c1. The summed E-state index contributed by atoms with van der Waals surface area (Å²) in [5.74, 6) is -0.918. The lowest BCUT2D eigenvalue weighted by Gasteiger charge is -2.32. The number of rotatable bonds is 7. The Hall–Kier alpha value is -3.50. The highest BCUT2D eigenvalue weighted by atomic mass is 32.2. The van der Waals surface area contributed by atoms with Crippen LogP contribution in [-0.4, -0.2) is 53.4 Å². The quantitative estimate of drug-likeness (QED) is 0.539. The van der Waals surface area contributed by atoms with Crippen LogP contribution >= 0.6 is 0 Å². The Morgan fingerprint density at radius 1 is 1.09 bits per heavy atom. The minimum absolute atomic E-state index is 0.0754. The second kappa shape index (κ2) is 10.2. The molecular formula is C24H27N5O4S. The van der Waals surface area contributed by atoms with Gasteiger partial charge < -0.3 is 10.6 Å². The van der Waals surface area contributed by atoms with E-state index in [4.69, 9.17) is 0 Å². The molecule has 2 N–H and O–H groups in total. The molecule has 34 heavy (non-hydrogen) atoms. The number of carbonyl (C=O) groups is 2. The zero-order valence-electron chi connectivity index (χ0n) is 18.8. The first-order chi connectivity index (χ1) is 16.3. The van der Waals surface area contributed by atoms with Crippen molar-refractivity contribution in [3.05, 3.63) is 72.6 Å². The molecule has 1 saturated heterocycles. The van der Waals surface area contributed by atoms with E-state index >= 15 is 0 Å². The van der Waals surface area contributed by atoms with Gasteiger partial charge in [-0.2, -0.15) is 9.40 Å². The topological polar surface area (TPSA) is 113 Å². The number of nitrogens with one attached hydrogen (secondary N) is 2. The number of amides is 2. The van der Waals surface area contributed by atoms with Gasteiger partial charge in [-0.05, 0) is 68.3 Å². The number of sulfonamides is 1. The van der Waals surface area contributed by atoms with E-state index in [1.807, 2.05) is 31.3 Å². The smallest absolute Gasteiger partial charge is 0.251 e. The molecule has 9 nitrogen and oxygen atoms in total. The summed E-state index contributed by atoms with van der Waals surface area (Å²) in [7, 11) is -3.69. The lowest BCUT2D eigenvalue weighted by Crippen LogP contribution is -2.42. The van der Waals surface area contributed by atoms with Gasteiger partial charge in [0.05, 0.1) is 17.1 Å². The molecule has 2 aromatic carbocycles. The zero-order chi connectivity index (χ0) is 24.1. The third-order valence-electron chi connectivity index (χ3n) is 5.77. The predicted octanol–water partition coefficient (Wildman–Crippen LogP) is 2.80. The summed E-state index contributed by atoms with van der Waals surface area (Å²) in [4.78, 5) is 25.0. The van der Waals surface area contributed by atoms with Crippen LogP contribution in [0.4, 0.5) is 5.69 Å². The fraction of sp³-hybridized carbons (Fsp3) is 0.292. The number of benzene rings is 2. The number of piperidine rings is 1. The molecule has 0 radical (unpaired) electrons. The van der Waals surface area contributed by atoms with Crippen LogP contribution in [0.2, 0.25) is 0 Å². The van der Waals surface area contributed by atoms with Crippen LogP contribution in [0.3, 0.4) is 0 Å². The van der Waals surface area contributed by atoms with Gasteiger partial charge in [0.2, 0.25) is 15.9 Å². The van der Waals surface area contributed by atoms with E-state index in [-0.39, 0.29) is 23.0 Å². The zero-order valence-corrected chi connectivity index (χ0v) is 19.7. The van der Waals surface area contributed by atoms with Crippen molar-refractivity contribution in [1.82, 2.24) is 19.4 Å². The summed E-state index contributed by atoms with van der Waals surface area (Å²) in [5.41, 5.74) is 1.62. The van der Waals surface area contributed by atoms with Crippen molar-refractivity contribution in [2.75, 3.05) is 18.4 Å². The van der Waals surface area contributed by atoms with E-state index in [1.165, 1.54) is 28.6 Å². The lowest BCUT2D eigenvalue weighted by atomic mass is 10.1. The van der Waals surface area contributed by atoms with E-state index in [0.29, 0.717) is 12.2 Å². The van der Waals surface area contributed by atoms with Crippen molar-refractivity contribution in [3.8, 4) is 5.69 Å². The molecule has 1 unspecified atom stereocenters. The van der Waals surface area contributed by atoms with Crippen molar-refractivity contribution in [2.45, 2.75) is 37.1 Å². The summed E-state index contributed by atoms with van der Waals surface area (Å²) in [6, 6.07) is 14.8. The van der Waals surface area contributed by atoms with Gasteiger partial charge in [-0.15, -0.1) is 0 Å². The molecule has 4 rings (SSSR count). The number of anilines is 1. The summed E-state index contributed by atoms with van der Waals surface area (Å²) in [5, 5.41) is 9.41. The predicted molar refractivity (Wildman–Crippen MR) is 128 cm³/mol. The summed E-state index contributed by atoms with van der Waals surface area (Å²) < 4.78 is 29.3. The van der Waals surface area contributed by atoms with E-state index in [9.17, 15) is 18.0 Å². The normalized spacial score (nSPS) is 16.7. The first-order valence-electron chi connectivity index (χ1n) is 11.1. The maximum Gasteiger partial charge on any atom is 0.251 e. The summed E-state index contributed by atoms with van der Waals surface area (Å²) >= 11 is 0. The minimum Gasteiger partial charge on any atom is -0.343 e. The summed E-state index contributed by atoms with van der Waals surface area (Å²) in [6.45, 7) is 2.12. The Morgan fingerprint density at radius 3 is 2.59 bits per heavy atom. The lowest BCUT2D eigenvalue weighted by molar-refractivity contribution is -0.115. The van der Waals surface area contributed by atoms with Crippen LogP contribution in [0.5, 0.6) is 0 Å². The highest BCUT2D eigenvalue weighted by Gasteiger charge is 2.31. The first kappa shape index (κ1) is 23.7. The van der Waals surface area contributed by atoms with E-state index < -0.39 is 21.8 Å². The Balaban J connectivity index is 1.35. The average Bonchev–Trinajstić information content (AvgIpc) is 3.38. The molecule has 2 heterocycles. The van der Waals surface area contributed by atoms with Crippen LogP contribution in [0.15, 0.2) is 71.9 Å². The minimum atomic E-state index is -3.69. The number of aromatic nitrogens is 2. The molecule has 1 fully saturated rings. The Bertz CT molecular complexity index is 1260. The average molecular weight is 482 g/mol. The maximum atomic E-state index is 13.1. The molecule has 0 saturated carbocycles. The molecule has 2 amide bonds. The van der Waals surface area contributed by atoms with Gasteiger partial charge in [-0.1, -0.05) is 12.5 Å². The molecule has 1 aromatic heterocycles. The van der Waals surface area contributed by atoms with Crippen LogP contribution in [0, 0.1) is 0 Å². The van der Waals surface area contributed by atoms with E-state index in [2.05, 4.69) is 15.7 Å². The van der Waals surface area contributed by atoms with Gasteiger partial charge in [0, 0.05) is 36.2 Å². The van der Waals surface area contributed by atoms with Crippen LogP contribution in [0.25, 0.3) is 5.69 Å². The molecule has 1 aliphatic rings. The van der Waals surface area contributed by atoms with Crippen LogP contribution in [0.1, 0.15) is 36.5 Å². The number of carbonyl (C=O) groups excluding carboxylic acids is 2. The monoisotopic (exact) mass is 481 g/mol. The Labute approximate surface area is 198 Å². The highest BCUT2D eigenvalue weighted by molar-refractivity contribution is 7.89. The molecule has 1 aliphatic heterocycles. The number of hydrogen-bond donors (Lipinski definition) is 2. The van der Waals surface area contributed by atoms with Crippen molar-refractivity contribution in [3.63, 3.8) is 0 Å². The second-order valence-electron chi connectivity index (χ2n) is 8.22. The van der Waals surface area contributed by atoms with Crippen molar-refractivity contribution in [2.24, 2.45) is 0 Å². The number of hydrogen-bond acceptors (Lipinski definition) is 5. The molecule has 3 aromatic rings. The molecule has 178 valence electrons. The van der Waals surface area contributed by atoms with Crippen molar-refractivity contribution in [1.29, 1.82) is 0 Å². The Morgan fingerprint density at radius 2 is 1.88 bits per heavy atom. The highest BCUT2D eigenvalue weighted by Crippen LogP contribution is 2.25. The molecule has 10 heteroatoms. The van der Waals surface area contributed by atoms with Crippen molar-refractivity contribution >= 4 is 27.5 Å². The largest absolute Gasteiger partial charge is 0.343 e. The fourth-order valence-electron chi connectivity index (χ4n) is 3.95. The fourth-order valence-corrected chi connectivity index (χ4v) is 5.69. The second-order valence-corrected chi connectivity index (χ2v) is 10.1. The first-order valence-corrected chi connectivity index (χ1v) is 12.6. The summed E-state index contributed by atoms with van der Waals surface area (Å²) in [6.07, 6.45) is 6.14. The van der Waals surface area contributed by atoms with Crippen LogP contribution < -0.4 is 10.6 Å². The van der Waals surface area contributed by atoms with E-state index in [0.717, 1.165) is 24.9 Å². The van der Waals surface area contributed by atoms with Gasteiger partial charge in [0.15, 0.2) is 0 Å². The molecule has 0 bridgehead atoms. The van der Waals surface area contributed by atoms with Crippen LogP contribution in [-0.2, 0) is 14.8 Å². The van der Waals surface area contributed by atoms with E-state index in [1.54, 1.807) is 23.0 Å². The standard InChI is InChI=1S/C24H27N5O4S/c1-18-6-2-3-15-29(18)34(32,33)22-8-4-7-19(16-22)24(31)25-17-23(30)27-20-9-11-21(12-10-20)28-14-5-13-26-28/h4-5,7-14,16,18H,2-3,6,15,17H2,1H3,(H,25,31)(H,27,30). The molecule has 0 spiro atoms. The van der Waals surface area contributed by atoms with Gasteiger partial charge in [0.25, 0.3) is 5.91 Å². The third kappa shape index (κ3) is 5.35. The third-order valence-corrected chi connectivity index (χ3v) is 7.78. The van der Waals surface area contributed by atoms with Gasteiger partial charge >= 0.3 is 0 Å². The Kier molecular flexibility index (Phi) is 7.09. The van der Waals surface area contributed by atoms with Gasteiger partial charge in [0.1, 0.15) is 0 Å².